The highest BCUT2D eigenvalue weighted by Gasteiger charge is 2.34. The SMILES string of the molecule is CCN(C(=O)C[C@@H](N)CCCN=C(N)N)C1CNC(NC(N)=O)NC1=O. The average molecular weight is 371 g/mol. The van der Waals surface area contributed by atoms with Gasteiger partial charge in [0.1, 0.15) is 6.04 Å². The van der Waals surface area contributed by atoms with E-state index in [4.69, 9.17) is 22.9 Å². The molecule has 0 radical (unpaired) electrons. The number of rotatable bonds is 9. The summed E-state index contributed by atoms with van der Waals surface area (Å²) in [5.74, 6) is -0.573. The van der Waals surface area contributed by atoms with Gasteiger partial charge >= 0.3 is 6.03 Å². The summed E-state index contributed by atoms with van der Waals surface area (Å²) in [4.78, 5) is 40.9. The number of carbonyl (C=O) groups excluding carboxylic acids is 3. The number of carbonyl (C=O) groups is 3. The first kappa shape index (κ1) is 21.4. The molecule has 11 N–H and O–H groups in total. The number of likely N-dealkylation sites (N-methyl/N-ethyl adjacent to an activating group) is 1. The number of primary amides is 1. The van der Waals surface area contributed by atoms with E-state index in [2.05, 4.69) is 20.9 Å². The lowest BCUT2D eigenvalue weighted by atomic mass is 10.1. The van der Waals surface area contributed by atoms with E-state index in [1.54, 1.807) is 6.92 Å². The molecule has 148 valence electrons. The Kier molecular flexibility index (Phi) is 8.58. The van der Waals surface area contributed by atoms with Gasteiger partial charge < -0.3 is 38.5 Å². The number of nitrogens with one attached hydrogen (secondary N) is 3. The van der Waals surface area contributed by atoms with Crippen LogP contribution in [0.25, 0.3) is 0 Å². The Morgan fingerprint density at radius 3 is 2.62 bits per heavy atom. The highest BCUT2D eigenvalue weighted by atomic mass is 16.2. The maximum atomic E-state index is 12.5. The van der Waals surface area contributed by atoms with Crippen LogP contribution in [0.4, 0.5) is 4.79 Å². The minimum Gasteiger partial charge on any atom is -0.370 e. The molecule has 3 atom stereocenters. The third kappa shape index (κ3) is 7.11. The fraction of sp³-hybridized carbons (Fsp3) is 0.714. The van der Waals surface area contributed by atoms with Crippen molar-refractivity contribution in [3.8, 4) is 0 Å². The first-order valence-electron chi connectivity index (χ1n) is 8.44. The Morgan fingerprint density at radius 2 is 2.08 bits per heavy atom. The molecule has 0 spiro atoms. The topological polar surface area (TPSA) is 207 Å². The Bertz CT molecular complexity index is 536. The number of amides is 4. The smallest absolute Gasteiger partial charge is 0.314 e. The number of aliphatic imine (C=N–C) groups is 1. The van der Waals surface area contributed by atoms with Crippen molar-refractivity contribution in [3.05, 3.63) is 0 Å². The Morgan fingerprint density at radius 1 is 1.38 bits per heavy atom. The average Bonchev–Trinajstić information content (AvgIpc) is 2.53. The molecule has 1 rings (SSSR count). The molecule has 12 heteroatoms. The second kappa shape index (κ2) is 10.4. The van der Waals surface area contributed by atoms with Crippen molar-refractivity contribution in [2.24, 2.45) is 27.9 Å². The molecule has 4 amide bonds. The number of nitrogens with two attached hydrogens (primary N) is 4. The number of hydrogen-bond acceptors (Lipinski definition) is 6. The maximum Gasteiger partial charge on any atom is 0.314 e. The summed E-state index contributed by atoms with van der Waals surface area (Å²) in [6, 6.07) is -1.81. The van der Waals surface area contributed by atoms with Crippen molar-refractivity contribution in [1.82, 2.24) is 20.9 Å². The van der Waals surface area contributed by atoms with Gasteiger partial charge in [0.2, 0.25) is 11.8 Å². The Hall–Kier alpha value is -2.60. The van der Waals surface area contributed by atoms with Crippen LogP contribution in [0, 0.1) is 0 Å². The van der Waals surface area contributed by atoms with Gasteiger partial charge in [-0.05, 0) is 19.8 Å². The first-order valence-corrected chi connectivity index (χ1v) is 8.44. The highest BCUT2D eigenvalue weighted by molar-refractivity contribution is 5.89. The van der Waals surface area contributed by atoms with Gasteiger partial charge in [-0.3, -0.25) is 19.9 Å². The van der Waals surface area contributed by atoms with Crippen LogP contribution in [0.2, 0.25) is 0 Å². The zero-order valence-corrected chi connectivity index (χ0v) is 14.9. The van der Waals surface area contributed by atoms with Gasteiger partial charge in [-0.15, -0.1) is 0 Å². The van der Waals surface area contributed by atoms with Crippen LogP contribution in [0.5, 0.6) is 0 Å². The molecular weight excluding hydrogens is 342 g/mol. The molecule has 0 aromatic carbocycles. The van der Waals surface area contributed by atoms with Gasteiger partial charge in [0, 0.05) is 32.1 Å². The lowest BCUT2D eigenvalue weighted by Crippen LogP contribution is -2.69. The summed E-state index contributed by atoms with van der Waals surface area (Å²) in [5, 5.41) is 7.78. The summed E-state index contributed by atoms with van der Waals surface area (Å²) in [6.45, 7) is 2.78. The van der Waals surface area contributed by atoms with Crippen molar-refractivity contribution < 1.29 is 14.4 Å². The number of guanidine groups is 1. The predicted octanol–water partition coefficient (Wildman–Crippen LogP) is -3.35. The van der Waals surface area contributed by atoms with Crippen molar-refractivity contribution >= 4 is 23.8 Å². The van der Waals surface area contributed by atoms with Crippen LogP contribution in [0.15, 0.2) is 4.99 Å². The minimum absolute atomic E-state index is 0.0201. The summed E-state index contributed by atoms with van der Waals surface area (Å²) >= 11 is 0. The standard InChI is InChI=1S/C14H29N9O3/c1-2-23(9-7-20-14(21-11(9)25)22-13(18)26)10(24)6-8(15)4-3-5-19-12(16)17/h8-9,14,20H,2-7,15H2,1H3,(H,21,25)(H4,16,17,19)(H3,18,22,26)/t8-,9?,14?/m0/s1. The zero-order valence-electron chi connectivity index (χ0n) is 14.9. The maximum absolute atomic E-state index is 12.5. The van der Waals surface area contributed by atoms with Gasteiger partial charge in [0.25, 0.3) is 0 Å². The molecule has 1 heterocycles. The van der Waals surface area contributed by atoms with E-state index in [-0.39, 0.29) is 36.8 Å². The van der Waals surface area contributed by atoms with Crippen molar-refractivity contribution in [2.45, 2.75) is 44.6 Å². The van der Waals surface area contributed by atoms with Crippen molar-refractivity contribution in [1.29, 1.82) is 0 Å². The van der Waals surface area contributed by atoms with E-state index in [9.17, 15) is 14.4 Å². The normalized spacial score (nSPS) is 20.6. The van der Waals surface area contributed by atoms with Crippen LogP contribution >= 0.6 is 0 Å². The van der Waals surface area contributed by atoms with E-state index in [1.165, 1.54) is 4.90 Å². The molecule has 26 heavy (non-hydrogen) atoms. The molecule has 1 aliphatic rings. The largest absolute Gasteiger partial charge is 0.370 e. The van der Waals surface area contributed by atoms with Gasteiger partial charge in [-0.1, -0.05) is 0 Å². The zero-order chi connectivity index (χ0) is 19.7. The quantitative estimate of drug-likeness (QED) is 0.124. The molecule has 0 aromatic heterocycles. The predicted molar refractivity (Wildman–Crippen MR) is 96.3 cm³/mol. The van der Waals surface area contributed by atoms with E-state index < -0.39 is 18.4 Å². The third-order valence-electron chi connectivity index (χ3n) is 3.89. The third-order valence-corrected chi connectivity index (χ3v) is 3.89. The molecule has 1 aliphatic heterocycles. The lowest BCUT2D eigenvalue weighted by Gasteiger charge is -2.37. The van der Waals surface area contributed by atoms with Crippen LogP contribution in [-0.4, -0.2) is 66.7 Å². The summed E-state index contributed by atoms with van der Waals surface area (Å²) in [6.07, 6.45) is 0.593. The van der Waals surface area contributed by atoms with Gasteiger partial charge in [-0.2, -0.15) is 0 Å². The van der Waals surface area contributed by atoms with Crippen LogP contribution < -0.4 is 38.9 Å². The fourth-order valence-corrected chi connectivity index (χ4v) is 2.67. The fourth-order valence-electron chi connectivity index (χ4n) is 2.67. The molecule has 0 aliphatic carbocycles. The number of nitrogens with zero attached hydrogens (tertiary/aromatic N) is 2. The van der Waals surface area contributed by atoms with Crippen LogP contribution in [0.1, 0.15) is 26.2 Å². The first-order chi connectivity index (χ1) is 12.2. The van der Waals surface area contributed by atoms with Crippen molar-refractivity contribution in [3.63, 3.8) is 0 Å². The van der Waals surface area contributed by atoms with Gasteiger partial charge in [0.15, 0.2) is 12.2 Å². The molecule has 12 nitrogen and oxygen atoms in total. The van der Waals surface area contributed by atoms with Crippen molar-refractivity contribution in [2.75, 3.05) is 19.6 Å². The Balaban J connectivity index is 2.51. The molecule has 0 saturated carbocycles. The second-order valence-corrected chi connectivity index (χ2v) is 5.97. The Labute approximate surface area is 152 Å². The molecule has 1 saturated heterocycles. The second-order valence-electron chi connectivity index (χ2n) is 5.97. The monoisotopic (exact) mass is 371 g/mol. The van der Waals surface area contributed by atoms with Crippen LogP contribution in [0.3, 0.4) is 0 Å². The van der Waals surface area contributed by atoms with E-state index in [0.29, 0.717) is 25.9 Å². The van der Waals surface area contributed by atoms with E-state index >= 15 is 0 Å². The van der Waals surface area contributed by atoms with E-state index in [1.807, 2.05) is 0 Å². The highest BCUT2D eigenvalue weighted by Crippen LogP contribution is 2.09. The summed E-state index contributed by atoms with van der Waals surface area (Å²) < 4.78 is 0. The molecule has 0 aromatic rings. The summed E-state index contributed by atoms with van der Waals surface area (Å²) in [5.41, 5.74) is 21.5. The van der Waals surface area contributed by atoms with Gasteiger partial charge in [-0.25, -0.2) is 4.79 Å². The number of hydrogen-bond donors (Lipinski definition) is 7. The van der Waals surface area contributed by atoms with Gasteiger partial charge in [0.05, 0.1) is 0 Å². The van der Waals surface area contributed by atoms with E-state index in [0.717, 1.165) is 0 Å². The number of urea groups is 1. The molecular formula is C14H29N9O3. The molecule has 1 fully saturated rings. The molecule has 0 bridgehead atoms. The van der Waals surface area contributed by atoms with Crippen LogP contribution in [-0.2, 0) is 9.59 Å². The summed E-state index contributed by atoms with van der Waals surface area (Å²) in [7, 11) is 0. The molecule has 2 unspecified atom stereocenters. The lowest BCUT2D eigenvalue weighted by molar-refractivity contribution is -0.142. The minimum atomic E-state index is -0.767.